The van der Waals surface area contributed by atoms with Gasteiger partial charge in [0.05, 0.1) is 14.2 Å². The van der Waals surface area contributed by atoms with E-state index in [0.29, 0.717) is 18.6 Å². The number of hydrogen-bond donors (Lipinski definition) is 0. The van der Waals surface area contributed by atoms with Crippen LogP contribution >= 0.6 is 0 Å². The van der Waals surface area contributed by atoms with Crippen LogP contribution in [0.5, 0.6) is 11.5 Å². The Morgan fingerprint density at radius 1 is 1.04 bits per heavy atom. The van der Waals surface area contributed by atoms with Gasteiger partial charge < -0.3 is 9.47 Å². The predicted molar refractivity (Wildman–Crippen MR) is 105 cm³/mol. The molecule has 0 amide bonds. The van der Waals surface area contributed by atoms with E-state index >= 15 is 0 Å². The van der Waals surface area contributed by atoms with Crippen molar-refractivity contribution in [3.8, 4) is 11.5 Å². The van der Waals surface area contributed by atoms with Crippen LogP contribution in [0.25, 0.3) is 0 Å². The number of methoxy groups -OCH3 is 2. The normalized spacial score (nSPS) is 25.3. The molecule has 1 heterocycles. The third kappa shape index (κ3) is 3.23. The molecule has 2 atom stereocenters. The van der Waals surface area contributed by atoms with Crippen molar-refractivity contribution in [2.75, 3.05) is 20.8 Å². The minimum absolute atomic E-state index is 0.0161. The van der Waals surface area contributed by atoms with Crippen LogP contribution in [0.3, 0.4) is 0 Å². The molecule has 0 N–H and O–H groups in total. The lowest BCUT2D eigenvalue weighted by molar-refractivity contribution is -0.123. The van der Waals surface area contributed by atoms with Crippen LogP contribution in [0.2, 0.25) is 0 Å². The Morgan fingerprint density at radius 3 is 2.56 bits per heavy atom. The molecule has 1 aliphatic carbocycles. The largest absolute Gasteiger partial charge is 0.493 e. The van der Waals surface area contributed by atoms with Gasteiger partial charge in [-0.3, -0.25) is 9.69 Å². The van der Waals surface area contributed by atoms with E-state index in [-0.39, 0.29) is 11.5 Å². The first kappa shape index (κ1) is 18.1. The predicted octanol–water partition coefficient (Wildman–Crippen LogP) is 3.97. The van der Waals surface area contributed by atoms with Crippen molar-refractivity contribution in [2.45, 2.75) is 43.7 Å². The van der Waals surface area contributed by atoms with E-state index in [1.54, 1.807) is 14.2 Å². The molecule has 2 aliphatic rings. The lowest BCUT2D eigenvalue weighted by Crippen LogP contribution is -2.47. The molecule has 0 bridgehead atoms. The second kappa shape index (κ2) is 7.35. The van der Waals surface area contributed by atoms with Gasteiger partial charge in [0, 0.05) is 30.8 Å². The number of carbonyl (C=O) groups excluding carboxylic acids is 1. The summed E-state index contributed by atoms with van der Waals surface area (Å²) >= 11 is 0. The molecule has 4 nitrogen and oxygen atoms in total. The molecule has 0 unspecified atom stereocenters. The van der Waals surface area contributed by atoms with Crippen LogP contribution in [0.1, 0.15) is 36.8 Å². The van der Waals surface area contributed by atoms with Gasteiger partial charge in [-0.15, -0.1) is 0 Å². The van der Waals surface area contributed by atoms with Gasteiger partial charge in [-0.1, -0.05) is 36.4 Å². The average molecular weight is 365 g/mol. The summed E-state index contributed by atoms with van der Waals surface area (Å²) in [7, 11) is 3.34. The molecule has 2 aromatic rings. The van der Waals surface area contributed by atoms with Gasteiger partial charge in [-0.25, -0.2) is 0 Å². The Morgan fingerprint density at radius 2 is 1.81 bits per heavy atom. The van der Waals surface area contributed by atoms with Gasteiger partial charge >= 0.3 is 0 Å². The zero-order chi connectivity index (χ0) is 18.9. The summed E-state index contributed by atoms with van der Waals surface area (Å²) in [5.41, 5.74) is 2.59. The molecular formula is C23H27NO3. The molecular weight excluding hydrogens is 338 g/mol. The molecule has 4 rings (SSSR count). The molecule has 142 valence electrons. The van der Waals surface area contributed by atoms with Crippen molar-refractivity contribution in [3.63, 3.8) is 0 Å². The van der Waals surface area contributed by atoms with E-state index in [2.05, 4.69) is 41.3 Å². The highest BCUT2D eigenvalue weighted by molar-refractivity contribution is 5.81. The first-order valence-electron chi connectivity index (χ1n) is 9.68. The second-order valence-corrected chi connectivity index (χ2v) is 7.69. The smallest absolute Gasteiger partial charge is 0.161 e. The van der Waals surface area contributed by atoms with Crippen LogP contribution in [-0.2, 0) is 16.8 Å². The number of ketones is 1. The molecule has 4 heteroatoms. The second-order valence-electron chi connectivity index (χ2n) is 7.69. The fourth-order valence-electron chi connectivity index (χ4n) is 4.95. The quantitative estimate of drug-likeness (QED) is 0.804. The highest BCUT2D eigenvalue weighted by Crippen LogP contribution is 2.49. The minimum atomic E-state index is 0.0161. The van der Waals surface area contributed by atoms with Crippen LogP contribution in [0, 0.1) is 0 Å². The molecule has 1 saturated carbocycles. The molecule has 0 spiro atoms. The van der Waals surface area contributed by atoms with Crippen molar-refractivity contribution < 1.29 is 14.3 Å². The molecule has 1 aliphatic heterocycles. The molecule has 2 aromatic carbocycles. The van der Waals surface area contributed by atoms with Crippen LogP contribution in [0.4, 0.5) is 0 Å². The maximum Gasteiger partial charge on any atom is 0.161 e. The minimum Gasteiger partial charge on any atom is -0.493 e. The van der Waals surface area contributed by atoms with Crippen LogP contribution in [0.15, 0.2) is 48.5 Å². The first-order valence-corrected chi connectivity index (χ1v) is 9.68. The highest BCUT2D eigenvalue weighted by atomic mass is 16.5. The Bertz CT molecular complexity index is 820. The van der Waals surface area contributed by atoms with E-state index in [9.17, 15) is 4.79 Å². The molecule has 1 saturated heterocycles. The SMILES string of the molecule is COc1ccc([C@@]23CCC(=O)C[C@H]2N(Cc2ccccc2)CC3)cc1OC. The molecule has 0 aromatic heterocycles. The number of carbonyl (C=O) groups is 1. The average Bonchev–Trinajstić information content (AvgIpc) is 3.07. The number of likely N-dealkylation sites (tertiary alicyclic amines) is 1. The number of rotatable bonds is 5. The summed E-state index contributed by atoms with van der Waals surface area (Å²) < 4.78 is 11.0. The Kier molecular flexibility index (Phi) is 4.92. The fraction of sp³-hybridized carbons (Fsp3) is 0.435. The van der Waals surface area contributed by atoms with E-state index in [1.807, 2.05) is 12.1 Å². The third-order valence-electron chi connectivity index (χ3n) is 6.38. The highest BCUT2D eigenvalue weighted by Gasteiger charge is 2.51. The van der Waals surface area contributed by atoms with E-state index < -0.39 is 0 Å². The van der Waals surface area contributed by atoms with Gasteiger partial charge in [0.1, 0.15) is 5.78 Å². The Labute approximate surface area is 161 Å². The first-order chi connectivity index (χ1) is 13.2. The lowest BCUT2D eigenvalue weighted by atomic mass is 9.66. The summed E-state index contributed by atoms with van der Waals surface area (Å²) in [6.45, 7) is 1.91. The van der Waals surface area contributed by atoms with Crippen molar-refractivity contribution in [3.05, 3.63) is 59.7 Å². The number of hydrogen-bond acceptors (Lipinski definition) is 4. The molecule has 2 fully saturated rings. The van der Waals surface area contributed by atoms with Crippen LogP contribution in [-0.4, -0.2) is 37.5 Å². The standard InChI is InChI=1S/C23H27NO3/c1-26-20-9-8-18(14-21(20)27-2)23-11-10-19(25)15-22(23)24(13-12-23)16-17-6-4-3-5-7-17/h3-9,14,22H,10-13,15-16H2,1-2H3/t22-,23+/m1/s1. The number of fused-ring (bicyclic) bond motifs is 1. The summed E-state index contributed by atoms with van der Waals surface area (Å²) in [5.74, 6) is 1.90. The summed E-state index contributed by atoms with van der Waals surface area (Å²) in [5, 5.41) is 0. The Hall–Kier alpha value is -2.33. The van der Waals surface area contributed by atoms with Crippen molar-refractivity contribution >= 4 is 5.78 Å². The monoisotopic (exact) mass is 365 g/mol. The van der Waals surface area contributed by atoms with Gasteiger partial charge in [0.25, 0.3) is 0 Å². The van der Waals surface area contributed by atoms with Crippen molar-refractivity contribution in [1.82, 2.24) is 4.90 Å². The van der Waals surface area contributed by atoms with Gasteiger partial charge in [0.2, 0.25) is 0 Å². The number of nitrogens with zero attached hydrogens (tertiary/aromatic N) is 1. The topological polar surface area (TPSA) is 38.8 Å². The fourth-order valence-corrected chi connectivity index (χ4v) is 4.95. The van der Waals surface area contributed by atoms with Gasteiger partial charge in [-0.2, -0.15) is 0 Å². The summed E-state index contributed by atoms with van der Waals surface area (Å²) in [6, 6.07) is 17.1. The third-order valence-corrected chi connectivity index (χ3v) is 6.38. The molecule has 0 radical (unpaired) electrons. The van der Waals surface area contributed by atoms with E-state index in [0.717, 1.165) is 37.4 Å². The summed E-state index contributed by atoms with van der Waals surface area (Å²) in [4.78, 5) is 14.8. The van der Waals surface area contributed by atoms with Crippen molar-refractivity contribution in [2.24, 2.45) is 0 Å². The maximum atomic E-state index is 12.3. The van der Waals surface area contributed by atoms with Crippen molar-refractivity contribution in [1.29, 1.82) is 0 Å². The number of ether oxygens (including phenoxy) is 2. The zero-order valence-corrected chi connectivity index (χ0v) is 16.1. The zero-order valence-electron chi connectivity index (χ0n) is 16.1. The Balaban J connectivity index is 1.68. The van der Waals surface area contributed by atoms with Gasteiger partial charge in [-0.05, 0) is 42.6 Å². The van der Waals surface area contributed by atoms with E-state index in [1.165, 1.54) is 11.1 Å². The maximum absolute atomic E-state index is 12.3. The van der Waals surface area contributed by atoms with Crippen LogP contribution < -0.4 is 9.47 Å². The lowest BCUT2D eigenvalue weighted by Gasteiger charge is -2.42. The summed E-state index contributed by atoms with van der Waals surface area (Å²) in [6.07, 6.45) is 3.30. The van der Waals surface area contributed by atoms with E-state index in [4.69, 9.17) is 9.47 Å². The molecule has 27 heavy (non-hydrogen) atoms. The number of Topliss-reactive ketones (excluding diaryl/α,β-unsaturated/α-hetero) is 1. The number of benzene rings is 2. The van der Waals surface area contributed by atoms with Gasteiger partial charge in [0.15, 0.2) is 11.5 Å².